The molecule has 0 amide bonds. The lowest BCUT2D eigenvalue weighted by Crippen LogP contribution is -2.30. The Morgan fingerprint density at radius 2 is 1.71 bits per heavy atom. The largest absolute Gasteiger partial charge is 0.232 e. The molecular weight excluding hydrogens is 293 g/mol. The van der Waals surface area contributed by atoms with Crippen LogP contribution in [0.25, 0.3) is 0 Å². The summed E-state index contributed by atoms with van der Waals surface area (Å²) in [4.78, 5) is 0. The number of allylic oxidation sites excluding steroid dienone is 4. The van der Waals surface area contributed by atoms with Crippen molar-refractivity contribution in [3.63, 3.8) is 0 Å². The van der Waals surface area contributed by atoms with Crippen molar-refractivity contribution < 1.29 is 26.3 Å². The third-order valence-corrected chi connectivity index (χ3v) is 3.53. The van der Waals surface area contributed by atoms with E-state index in [-0.39, 0.29) is 11.0 Å². The third-order valence-electron chi connectivity index (χ3n) is 3.53. The lowest BCUT2D eigenvalue weighted by Gasteiger charge is -2.25. The highest BCUT2D eigenvalue weighted by Crippen LogP contribution is 2.43. The Hall–Kier alpha value is -1.66. The van der Waals surface area contributed by atoms with Crippen LogP contribution in [-0.4, -0.2) is 12.9 Å². The van der Waals surface area contributed by atoms with E-state index in [1.165, 1.54) is 6.92 Å². The Balaban J connectivity index is 2.41. The van der Waals surface area contributed by atoms with E-state index in [0.29, 0.717) is 19.1 Å². The zero-order valence-electron chi connectivity index (χ0n) is 11.3. The average Bonchev–Trinajstić information content (AvgIpc) is 2.37. The number of rotatable bonds is 2. The Morgan fingerprint density at radius 3 is 2.33 bits per heavy atom. The Morgan fingerprint density at radius 1 is 1.10 bits per heavy atom. The van der Waals surface area contributed by atoms with E-state index >= 15 is 0 Å². The van der Waals surface area contributed by atoms with E-state index in [2.05, 4.69) is 0 Å². The topological polar surface area (TPSA) is 0 Å². The Kier molecular flexibility index (Phi) is 3.95. The summed E-state index contributed by atoms with van der Waals surface area (Å²) in [5.41, 5.74) is -2.86. The van der Waals surface area contributed by atoms with Crippen LogP contribution < -0.4 is 5.46 Å². The highest BCUT2D eigenvalue weighted by Gasteiger charge is 2.41. The molecule has 0 saturated carbocycles. The van der Waals surface area contributed by atoms with Crippen molar-refractivity contribution in [1.82, 2.24) is 0 Å². The summed E-state index contributed by atoms with van der Waals surface area (Å²) in [5.74, 6) is -8.01. The summed E-state index contributed by atoms with van der Waals surface area (Å²) in [6, 6.07) is 1.55. The smallest absolute Gasteiger partial charge is 0.182 e. The van der Waals surface area contributed by atoms with Crippen LogP contribution in [0, 0.1) is 18.6 Å². The van der Waals surface area contributed by atoms with Crippen LogP contribution in [0.1, 0.15) is 12.5 Å². The van der Waals surface area contributed by atoms with Crippen molar-refractivity contribution in [2.24, 2.45) is 0 Å². The van der Waals surface area contributed by atoms with E-state index < -0.39 is 47.9 Å². The van der Waals surface area contributed by atoms with Crippen LogP contribution in [-0.2, 0) is 0 Å². The Labute approximate surface area is 118 Å². The molecule has 2 unspecified atom stereocenters. The predicted octanol–water partition coefficient (Wildman–Crippen LogP) is 3.87. The number of hydrogen-bond acceptors (Lipinski definition) is 0. The molecule has 1 aliphatic rings. The van der Waals surface area contributed by atoms with Gasteiger partial charge in [-0.2, -0.15) is 0 Å². The van der Waals surface area contributed by atoms with Crippen LogP contribution in [0.2, 0.25) is 5.82 Å². The second-order valence-electron chi connectivity index (χ2n) is 5.20. The molecule has 0 heterocycles. The Bertz CT molecular complexity index is 647. The van der Waals surface area contributed by atoms with Crippen LogP contribution in [0.4, 0.5) is 26.3 Å². The monoisotopic (exact) mass is 304 g/mol. The van der Waals surface area contributed by atoms with Gasteiger partial charge in [0.05, 0.1) is 0 Å². The van der Waals surface area contributed by atoms with Crippen molar-refractivity contribution >= 4 is 12.7 Å². The summed E-state index contributed by atoms with van der Waals surface area (Å²) in [7, 11) is -0.502. The first-order valence-electron chi connectivity index (χ1n) is 6.21. The van der Waals surface area contributed by atoms with E-state index in [9.17, 15) is 26.3 Å². The second-order valence-corrected chi connectivity index (χ2v) is 5.20. The maximum atomic E-state index is 13.8. The summed E-state index contributed by atoms with van der Waals surface area (Å²) >= 11 is 0. The van der Waals surface area contributed by atoms with E-state index in [1.807, 2.05) is 0 Å². The molecule has 0 aromatic heterocycles. The summed E-state index contributed by atoms with van der Waals surface area (Å²) in [6.45, 7) is 2.00. The second kappa shape index (κ2) is 5.28. The molecule has 2 atom stereocenters. The van der Waals surface area contributed by atoms with Crippen LogP contribution in [0.15, 0.2) is 35.7 Å². The number of halogens is 6. The van der Waals surface area contributed by atoms with Crippen molar-refractivity contribution in [2.75, 3.05) is 0 Å². The van der Waals surface area contributed by atoms with Gasteiger partial charge < -0.3 is 0 Å². The molecule has 1 aliphatic carbocycles. The number of alkyl halides is 1. The molecular formula is C14H11BF6. The minimum atomic E-state index is -2.85. The van der Waals surface area contributed by atoms with Gasteiger partial charge in [-0.3, -0.25) is 0 Å². The van der Waals surface area contributed by atoms with Crippen molar-refractivity contribution in [3.05, 3.63) is 52.9 Å². The van der Waals surface area contributed by atoms with Gasteiger partial charge in [0.25, 0.3) is 0 Å². The van der Waals surface area contributed by atoms with Gasteiger partial charge in [0.15, 0.2) is 18.8 Å². The van der Waals surface area contributed by atoms with Gasteiger partial charge >= 0.3 is 0 Å². The molecule has 0 nitrogen and oxygen atoms in total. The van der Waals surface area contributed by atoms with Crippen LogP contribution >= 0.6 is 0 Å². The molecule has 1 aromatic rings. The molecule has 0 saturated heterocycles. The molecule has 0 spiro atoms. The van der Waals surface area contributed by atoms with Crippen molar-refractivity contribution in [2.45, 2.75) is 25.3 Å². The highest BCUT2D eigenvalue weighted by molar-refractivity contribution is 6.57. The van der Waals surface area contributed by atoms with Crippen LogP contribution in [0.3, 0.4) is 0 Å². The molecule has 21 heavy (non-hydrogen) atoms. The predicted molar refractivity (Wildman–Crippen MR) is 69.6 cm³/mol. The number of benzene rings is 1. The zero-order valence-corrected chi connectivity index (χ0v) is 11.3. The molecule has 0 N–H and O–H groups in total. The zero-order chi connectivity index (χ0) is 15.9. The first-order valence-corrected chi connectivity index (χ1v) is 6.21. The molecule has 7 heteroatoms. The third kappa shape index (κ3) is 2.87. The van der Waals surface area contributed by atoms with Gasteiger partial charge in [-0.15, -0.1) is 0 Å². The standard InChI is InChI=1S/C14H11BF6/c1-6-8(3-7(16)4-9(6)17)15-11-10(18)5-14(2,21)13(20)12(11)19/h3-5,11,15H,1-2H3. The lowest BCUT2D eigenvalue weighted by molar-refractivity contribution is 0.233. The fraction of sp³-hybridized carbons (Fsp3) is 0.286. The van der Waals surface area contributed by atoms with Crippen molar-refractivity contribution in [3.8, 4) is 0 Å². The maximum Gasteiger partial charge on any atom is 0.182 e. The lowest BCUT2D eigenvalue weighted by atomic mass is 9.55. The molecule has 0 aliphatic heterocycles. The minimum Gasteiger partial charge on any atom is -0.232 e. The first kappa shape index (κ1) is 15.7. The van der Waals surface area contributed by atoms with Gasteiger partial charge in [-0.05, 0) is 31.6 Å². The molecule has 1 aromatic carbocycles. The van der Waals surface area contributed by atoms with Gasteiger partial charge in [0.1, 0.15) is 23.3 Å². The van der Waals surface area contributed by atoms with E-state index in [1.54, 1.807) is 0 Å². The molecule has 112 valence electrons. The normalized spacial score (nSPS) is 25.9. The van der Waals surface area contributed by atoms with Gasteiger partial charge in [-0.1, -0.05) is 5.46 Å². The molecule has 0 bridgehead atoms. The highest BCUT2D eigenvalue weighted by atomic mass is 19.2. The fourth-order valence-electron chi connectivity index (χ4n) is 2.25. The fourth-order valence-corrected chi connectivity index (χ4v) is 2.25. The summed E-state index contributed by atoms with van der Waals surface area (Å²) < 4.78 is 81.2. The minimum absolute atomic E-state index is 0.00555. The molecule has 0 radical (unpaired) electrons. The van der Waals surface area contributed by atoms with Gasteiger partial charge in [0, 0.05) is 11.9 Å². The van der Waals surface area contributed by atoms with Crippen molar-refractivity contribution in [1.29, 1.82) is 0 Å². The quantitative estimate of drug-likeness (QED) is 0.575. The van der Waals surface area contributed by atoms with Gasteiger partial charge in [-0.25, -0.2) is 26.3 Å². The maximum absolute atomic E-state index is 13.8. The summed E-state index contributed by atoms with van der Waals surface area (Å²) in [5, 5.41) is 0. The first-order chi connectivity index (χ1) is 9.63. The average molecular weight is 304 g/mol. The number of hydrogen-bond donors (Lipinski definition) is 0. The SMILES string of the molecule is Cc1c(F)cc(F)cc1BC1C(F)=CC(C)(F)C(F)=C1F. The van der Waals surface area contributed by atoms with Crippen LogP contribution in [0.5, 0.6) is 0 Å². The van der Waals surface area contributed by atoms with Gasteiger partial charge in [0.2, 0.25) is 0 Å². The molecule has 0 fully saturated rings. The van der Waals surface area contributed by atoms with E-state index in [4.69, 9.17) is 0 Å². The van der Waals surface area contributed by atoms with E-state index in [0.717, 1.165) is 6.07 Å². The molecule has 2 rings (SSSR count). The summed E-state index contributed by atoms with van der Waals surface area (Å²) in [6.07, 6.45) is 0.334.